The Morgan fingerprint density at radius 3 is 2.31 bits per heavy atom. The maximum Gasteiger partial charge on any atom is 0.322 e. The van der Waals surface area contributed by atoms with Crippen LogP contribution in [0.3, 0.4) is 0 Å². The van der Waals surface area contributed by atoms with Gasteiger partial charge in [0.25, 0.3) is 0 Å². The predicted molar refractivity (Wildman–Crippen MR) is 103 cm³/mol. The Morgan fingerprint density at radius 1 is 1.08 bits per heavy atom. The van der Waals surface area contributed by atoms with Crippen LogP contribution in [0.4, 0.5) is 4.79 Å². The lowest BCUT2D eigenvalue weighted by Gasteiger charge is -2.31. The highest BCUT2D eigenvalue weighted by Gasteiger charge is 2.29. The number of carbonyl (C=O) groups is 2. The molecule has 26 heavy (non-hydrogen) atoms. The van der Waals surface area contributed by atoms with Gasteiger partial charge in [0.1, 0.15) is 0 Å². The van der Waals surface area contributed by atoms with Crippen molar-refractivity contribution < 1.29 is 9.59 Å². The quantitative estimate of drug-likeness (QED) is 0.846. The van der Waals surface area contributed by atoms with Crippen LogP contribution in [0, 0.1) is 0 Å². The minimum Gasteiger partial charge on any atom is -0.327 e. The fraction of sp³-hybridized carbons (Fsp3) is 0.182. The lowest BCUT2D eigenvalue weighted by molar-refractivity contribution is -0.114. The van der Waals surface area contributed by atoms with E-state index in [1.54, 1.807) is 11.1 Å². The topological polar surface area (TPSA) is 49.4 Å². The third-order valence-corrected chi connectivity index (χ3v) is 4.51. The average molecular weight is 346 g/mol. The molecule has 0 bridgehead atoms. The monoisotopic (exact) mass is 346 g/mol. The Labute approximate surface area is 153 Å². The minimum atomic E-state index is -0.408. The van der Waals surface area contributed by atoms with Crippen LogP contribution in [0.5, 0.6) is 0 Å². The number of urea groups is 1. The maximum atomic E-state index is 12.5. The SMILES string of the molecule is C=C(CCN1C=C(C(C)=O)C(c2ccccc2)NC1=O)c1ccccc1. The molecule has 2 amide bonds. The third-order valence-electron chi connectivity index (χ3n) is 4.51. The first kappa shape index (κ1) is 17.7. The van der Waals surface area contributed by atoms with Gasteiger partial charge in [0.2, 0.25) is 0 Å². The number of nitrogens with zero attached hydrogens (tertiary/aromatic N) is 1. The standard InChI is InChI=1S/C22H22N2O2/c1-16(18-9-5-3-6-10-18)13-14-24-15-20(17(2)25)21(23-22(24)26)19-11-7-4-8-12-19/h3-12,15,21H,1,13-14H2,2H3,(H,23,26). The van der Waals surface area contributed by atoms with Gasteiger partial charge < -0.3 is 10.2 Å². The molecule has 0 spiro atoms. The largest absolute Gasteiger partial charge is 0.327 e. The summed E-state index contributed by atoms with van der Waals surface area (Å²) >= 11 is 0. The molecule has 0 saturated heterocycles. The van der Waals surface area contributed by atoms with Gasteiger partial charge in [-0.05, 0) is 30.0 Å². The molecule has 0 saturated carbocycles. The number of carbonyl (C=O) groups excluding carboxylic acids is 2. The summed E-state index contributed by atoms with van der Waals surface area (Å²) in [6, 6.07) is 18.8. The fourth-order valence-electron chi connectivity index (χ4n) is 3.03. The first-order chi connectivity index (χ1) is 12.6. The number of benzene rings is 2. The maximum absolute atomic E-state index is 12.5. The molecular weight excluding hydrogens is 324 g/mol. The number of amides is 2. The second kappa shape index (κ2) is 7.83. The number of hydrogen-bond acceptors (Lipinski definition) is 2. The molecule has 132 valence electrons. The molecule has 2 aromatic carbocycles. The third kappa shape index (κ3) is 3.91. The lowest BCUT2D eigenvalue weighted by Crippen LogP contribution is -2.45. The minimum absolute atomic E-state index is 0.0502. The Hall–Kier alpha value is -3.14. The van der Waals surface area contributed by atoms with Crippen LogP contribution in [-0.2, 0) is 4.79 Å². The molecule has 0 aliphatic carbocycles. The van der Waals surface area contributed by atoms with E-state index in [1.807, 2.05) is 60.7 Å². The van der Waals surface area contributed by atoms with Gasteiger partial charge in [-0.2, -0.15) is 0 Å². The molecule has 1 aliphatic rings. The van der Waals surface area contributed by atoms with Gasteiger partial charge in [0.15, 0.2) is 5.78 Å². The molecule has 1 aliphatic heterocycles. The van der Waals surface area contributed by atoms with Gasteiger partial charge in [0, 0.05) is 18.3 Å². The number of Topliss-reactive ketones (excluding diaryl/α,β-unsaturated/α-hetero) is 1. The van der Waals surface area contributed by atoms with Gasteiger partial charge in [-0.25, -0.2) is 4.79 Å². The summed E-state index contributed by atoms with van der Waals surface area (Å²) in [5.74, 6) is -0.0502. The Kier molecular flexibility index (Phi) is 5.32. The van der Waals surface area contributed by atoms with Crippen LogP contribution in [0.15, 0.2) is 79.0 Å². The van der Waals surface area contributed by atoms with Crippen LogP contribution < -0.4 is 5.32 Å². The molecule has 4 heteroatoms. The summed E-state index contributed by atoms with van der Waals surface area (Å²) < 4.78 is 0. The van der Waals surface area contributed by atoms with Gasteiger partial charge in [-0.3, -0.25) is 4.79 Å². The van der Waals surface area contributed by atoms with Gasteiger partial charge in [0.05, 0.1) is 6.04 Å². The Balaban J connectivity index is 1.76. The second-order valence-electron chi connectivity index (χ2n) is 6.35. The molecule has 0 radical (unpaired) electrons. The van der Waals surface area contributed by atoms with E-state index in [9.17, 15) is 9.59 Å². The molecule has 1 atom stereocenters. The van der Waals surface area contributed by atoms with Crippen LogP contribution >= 0.6 is 0 Å². The molecule has 0 aromatic heterocycles. The van der Waals surface area contributed by atoms with Crippen molar-refractivity contribution in [3.8, 4) is 0 Å². The van der Waals surface area contributed by atoms with Crippen LogP contribution in [0.2, 0.25) is 0 Å². The second-order valence-corrected chi connectivity index (χ2v) is 6.35. The van der Waals surface area contributed by atoms with Crippen molar-refractivity contribution in [3.63, 3.8) is 0 Å². The van der Waals surface area contributed by atoms with Gasteiger partial charge in [-0.15, -0.1) is 0 Å². The summed E-state index contributed by atoms with van der Waals surface area (Å²) in [6.07, 6.45) is 2.31. The summed E-state index contributed by atoms with van der Waals surface area (Å²) in [6.45, 7) is 6.10. The number of nitrogens with one attached hydrogen (secondary N) is 1. The molecule has 2 aromatic rings. The molecule has 1 unspecified atom stereocenters. The van der Waals surface area contributed by atoms with E-state index in [0.29, 0.717) is 18.5 Å². The van der Waals surface area contributed by atoms with Crippen molar-refractivity contribution in [1.82, 2.24) is 10.2 Å². The first-order valence-electron chi connectivity index (χ1n) is 8.64. The van der Waals surface area contributed by atoms with E-state index in [2.05, 4.69) is 11.9 Å². The molecule has 1 N–H and O–H groups in total. The number of ketones is 1. The summed E-state index contributed by atoms with van der Waals surface area (Å²) in [5.41, 5.74) is 3.50. The van der Waals surface area contributed by atoms with Crippen molar-refractivity contribution in [2.45, 2.75) is 19.4 Å². The predicted octanol–water partition coefficient (Wildman–Crippen LogP) is 4.33. The zero-order chi connectivity index (χ0) is 18.5. The lowest BCUT2D eigenvalue weighted by atomic mass is 9.95. The van der Waals surface area contributed by atoms with Crippen molar-refractivity contribution in [3.05, 3.63) is 90.1 Å². The van der Waals surface area contributed by atoms with Gasteiger partial charge in [-0.1, -0.05) is 67.2 Å². The average Bonchev–Trinajstić information content (AvgIpc) is 2.67. The molecular formula is C22H22N2O2. The van der Waals surface area contributed by atoms with Crippen molar-refractivity contribution in [2.24, 2.45) is 0 Å². The number of rotatable bonds is 6. The van der Waals surface area contributed by atoms with Crippen molar-refractivity contribution >= 4 is 17.4 Å². The summed E-state index contributed by atoms with van der Waals surface area (Å²) in [7, 11) is 0. The first-order valence-corrected chi connectivity index (χ1v) is 8.64. The van der Waals surface area contributed by atoms with Crippen molar-refractivity contribution in [2.75, 3.05) is 6.54 Å². The highest BCUT2D eigenvalue weighted by molar-refractivity contribution is 5.97. The van der Waals surface area contributed by atoms with E-state index in [-0.39, 0.29) is 11.8 Å². The van der Waals surface area contributed by atoms with Gasteiger partial charge >= 0.3 is 6.03 Å². The molecule has 4 nitrogen and oxygen atoms in total. The van der Waals surface area contributed by atoms with E-state index in [0.717, 1.165) is 16.7 Å². The zero-order valence-corrected chi connectivity index (χ0v) is 14.8. The fourth-order valence-corrected chi connectivity index (χ4v) is 3.03. The van der Waals surface area contributed by atoms with Crippen LogP contribution in [0.1, 0.15) is 30.5 Å². The summed E-state index contributed by atoms with van der Waals surface area (Å²) in [5, 5.41) is 2.95. The normalized spacial score (nSPS) is 16.7. The van der Waals surface area contributed by atoms with Crippen LogP contribution in [-0.4, -0.2) is 23.3 Å². The zero-order valence-electron chi connectivity index (χ0n) is 14.8. The molecule has 0 fully saturated rings. The Morgan fingerprint density at radius 2 is 1.69 bits per heavy atom. The van der Waals surface area contributed by atoms with E-state index in [4.69, 9.17) is 0 Å². The highest BCUT2D eigenvalue weighted by Crippen LogP contribution is 2.27. The van der Waals surface area contributed by atoms with Crippen molar-refractivity contribution in [1.29, 1.82) is 0 Å². The Bertz CT molecular complexity index is 841. The number of hydrogen-bond donors (Lipinski definition) is 1. The highest BCUT2D eigenvalue weighted by atomic mass is 16.2. The summed E-state index contributed by atoms with van der Waals surface area (Å²) in [4.78, 5) is 26.2. The molecule has 1 heterocycles. The van der Waals surface area contributed by atoms with E-state index < -0.39 is 6.04 Å². The molecule has 3 rings (SSSR count). The van der Waals surface area contributed by atoms with E-state index >= 15 is 0 Å². The van der Waals surface area contributed by atoms with Crippen LogP contribution in [0.25, 0.3) is 5.57 Å². The van der Waals surface area contributed by atoms with E-state index in [1.165, 1.54) is 6.92 Å². The smallest absolute Gasteiger partial charge is 0.322 e.